The van der Waals surface area contributed by atoms with E-state index in [0.717, 1.165) is 16.5 Å². The third-order valence-electron chi connectivity index (χ3n) is 7.02. The summed E-state index contributed by atoms with van der Waals surface area (Å²) >= 11 is 0. The van der Waals surface area contributed by atoms with Crippen molar-refractivity contribution in [1.82, 2.24) is 30.1 Å². The Morgan fingerprint density at radius 2 is 1.62 bits per heavy atom. The molecule has 0 radical (unpaired) electrons. The van der Waals surface area contributed by atoms with Crippen molar-refractivity contribution in [2.45, 2.75) is 39.0 Å². The van der Waals surface area contributed by atoms with E-state index in [0.29, 0.717) is 47.9 Å². The van der Waals surface area contributed by atoms with E-state index >= 15 is 0 Å². The van der Waals surface area contributed by atoms with Crippen molar-refractivity contribution < 1.29 is 18.3 Å². The maximum atomic E-state index is 13.7. The summed E-state index contributed by atoms with van der Waals surface area (Å²) in [7, 11) is 0. The molecule has 6 rings (SSSR count). The highest BCUT2D eigenvalue weighted by molar-refractivity contribution is 5.83. The van der Waals surface area contributed by atoms with Crippen LogP contribution in [0.15, 0.2) is 71.5 Å². The lowest BCUT2D eigenvalue weighted by Crippen LogP contribution is -2.32. The Labute approximate surface area is 228 Å². The van der Waals surface area contributed by atoms with Crippen LogP contribution < -0.4 is 15.0 Å². The standard InChI is InChI=1S/C29H26F2N6O3/c1-2-25(28-33-34-35-37(28)15-19-5-9-23(31)10-6-19)36(14-18-3-7-22(30)8-4-18)16-21-11-20-12-26-27(40-17-39-26)13-24(20)32-29(21)38/h3-13,25H,2,14-17H2,1H3,(H,32,38). The van der Waals surface area contributed by atoms with Crippen molar-refractivity contribution in [1.29, 1.82) is 0 Å². The van der Waals surface area contributed by atoms with Crippen LogP contribution in [0.3, 0.4) is 0 Å². The quantitative estimate of drug-likeness (QED) is 0.287. The third-order valence-corrected chi connectivity index (χ3v) is 7.02. The van der Waals surface area contributed by atoms with Gasteiger partial charge in [0.25, 0.3) is 5.56 Å². The van der Waals surface area contributed by atoms with Gasteiger partial charge in [0, 0.05) is 30.1 Å². The van der Waals surface area contributed by atoms with Crippen molar-refractivity contribution in [2.75, 3.05) is 6.79 Å². The molecule has 204 valence electrons. The lowest BCUT2D eigenvalue weighted by Gasteiger charge is -2.30. The predicted octanol–water partition coefficient (Wildman–Crippen LogP) is 4.72. The van der Waals surface area contributed by atoms with Crippen LogP contribution in [0.1, 0.15) is 41.9 Å². The van der Waals surface area contributed by atoms with Gasteiger partial charge < -0.3 is 14.5 Å². The van der Waals surface area contributed by atoms with E-state index < -0.39 is 0 Å². The van der Waals surface area contributed by atoms with Crippen LogP contribution in [-0.2, 0) is 19.6 Å². The fourth-order valence-corrected chi connectivity index (χ4v) is 5.01. The molecular weight excluding hydrogens is 518 g/mol. The Balaban J connectivity index is 1.36. The minimum absolute atomic E-state index is 0.138. The Hall–Kier alpha value is -4.64. The highest BCUT2D eigenvalue weighted by atomic mass is 19.1. The topological polar surface area (TPSA) is 98.2 Å². The molecule has 3 heterocycles. The maximum absolute atomic E-state index is 13.7. The molecule has 5 aromatic rings. The monoisotopic (exact) mass is 544 g/mol. The number of H-pyrrole nitrogens is 1. The van der Waals surface area contributed by atoms with Crippen molar-refractivity contribution in [3.05, 3.63) is 111 Å². The number of tetrazole rings is 1. The molecule has 0 spiro atoms. The van der Waals surface area contributed by atoms with Crippen LogP contribution in [-0.4, -0.2) is 36.9 Å². The smallest absolute Gasteiger partial charge is 0.252 e. The van der Waals surface area contributed by atoms with Crippen LogP contribution in [0.2, 0.25) is 0 Å². The Morgan fingerprint density at radius 3 is 2.33 bits per heavy atom. The Morgan fingerprint density at radius 1 is 0.950 bits per heavy atom. The summed E-state index contributed by atoms with van der Waals surface area (Å²) in [6.45, 7) is 3.20. The van der Waals surface area contributed by atoms with E-state index in [4.69, 9.17) is 9.47 Å². The number of ether oxygens (including phenoxy) is 2. The van der Waals surface area contributed by atoms with Crippen LogP contribution in [0.25, 0.3) is 10.9 Å². The molecular formula is C29H26F2N6O3. The Bertz CT molecular complexity index is 1700. The van der Waals surface area contributed by atoms with Gasteiger partial charge in [-0.2, -0.15) is 0 Å². The number of aromatic nitrogens is 5. The molecule has 1 aliphatic heterocycles. The summed E-state index contributed by atoms with van der Waals surface area (Å²) in [5.41, 5.74) is 2.69. The molecule has 1 N–H and O–H groups in total. The van der Waals surface area contributed by atoms with E-state index in [1.54, 1.807) is 35.0 Å². The largest absolute Gasteiger partial charge is 0.454 e. The minimum atomic E-state index is -0.324. The van der Waals surface area contributed by atoms with Gasteiger partial charge in [-0.05, 0) is 64.4 Å². The number of aromatic amines is 1. The molecule has 0 saturated heterocycles. The lowest BCUT2D eigenvalue weighted by molar-refractivity contribution is 0.161. The number of nitrogens with zero attached hydrogens (tertiary/aromatic N) is 5. The molecule has 1 atom stereocenters. The summed E-state index contributed by atoms with van der Waals surface area (Å²) < 4.78 is 39.8. The number of fused-ring (bicyclic) bond motifs is 2. The second-order valence-corrected chi connectivity index (χ2v) is 9.69. The summed E-state index contributed by atoms with van der Waals surface area (Å²) in [5.74, 6) is 1.18. The van der Waals surface area contributed by atoms with E-state index in [9.17, 15) is 13.6 Å². The zero-order chi connectivity index (χ0) is 27.6. The van der Waals surface area contributed by atoms with Crippen LogP contribution >= 0.6 is 0 Å². The van der Waals surface area contributed by atoms with E-state index in [2.05, 4.69) is 25.4 Å². The van der Waals surface area contributed by atoms with Crippen LogP contribution in [0.4, 0.5) is 8.78 Å². The molecule has 0 fully saturated rings. The molecule has 2 aromatic heterocycles. The van der Waals surface area contributed by atoms with Crippen LogP contribution in [0, 0.1) is 11.6 Å². The fourth-order valence-electron chi connectivity index (χ4n) is 5.01. The van der Waals surface area contributed by atoms with E-state index in [1.165, 1.54) is 24.3 Å². The predicted molar refractivity (Wildman–Crippen MR) is 143 cm³/mol. The van der Waals surface area contributed by atoms with Gasteiger partial charge in [0.05, 0.1) is 18.1 Å². The maximum Gasteiger partial charge on any atom is 0.252 e. The SMILES string of the molecule is CCC(c1nnnn1Cc1ccc(F)cc1)N(Cc1ccc(F)cc1)Cc1cc2cc3c(cc2[nH]c1=O)OCO3. The normalized spacial score (nSPS) is 13.3. The molecule has 0 saturated carbocycles. The first-order chi connectivity index (χ1) is 19.5. The Kier molecular flexibility index (Phi) is 6.95. The highest BCUT2D eigenvalue weighted by Gasteiger charge is 2.26. The minimum Gasteiger partial charge on any atom is -0.454 e. The zero-order valence-corrected chi connectivity index (χ0v) is 21.7. The highest BCUT2D eigenvalue weighted by Crippen LogP contribution is 2.35. The molecule has 0 bridgehead atoms. The third kappa shape index (κ3) is 5.28. The fraction of sp³-hybridized carbons (Fsp3) is 0.241. The number of halogens is 2. The molecule has 40 heavy (non-hydrogen) atoms. The number of rotatable bonds is 9. The number of nitrogens with one attached hydrogen (secondary N) is 1. The van der Waals surface area contributed by atoms with Crippen molar-refractivity contribution in [3.63, 3.8) is 0 Å². The number of hydrogen-bond acceptors (Lipinski definition) is 7. The van der Waals surface area contributed by atoms with Gasteiger partial charge in [-0.15, -0.1) is 5.10 Å². The van der Waals surface area contributed by atoms with Crippen molar-refractivity contribution >= 4 is 10.9 Å². The first-order valence-electron chi connectivity index (χ1n) is 12.9. The average molecular weight is 545 g/mol. The van der Waals surface area contributed by atoms with Gasteiger partial charge in [0.15, 0.2) is 17.3 Å². The van der Waals surface area contributed by atoms with Crippen LogP contribution in [0.5, 0.6) is 11.5 Å². The summed E-state index contributed by atoms with van der Waals surface area (Å²) in [6.07, 6.45) is 0.634. The summed E-state index contributed by atoms with van der Waals surface area (Å²) in [4.78, 5) is 18.3. The molecule has 0 amide bonds. The molecule has 11 heteroatoms. The van der Waals surface area contributed by atoms with Gasteiger partial charge in [0.1, 0.15) is 11.6 Å². The zero-order valence-electron chi connectivity index (χ0n) is 21.7. The molecule has 1 unspecified atom stereocenters. The van der Waals surface area contributed by atoms with Gasteiger partial charge in [-0.3, -0.25) is 9.69 Å². The second-order valence-electron chi connectivity index (χ2n) is 9.69. The molecule has 0 aliphatic carbocycles. The number of pyridine rings is 1. The van der Waals surface area contributed by atoms with Crippen molar-refractivity contribution in [3.8, 4) is 11.5 Å². The van der Waals surface area contributed by atoms with E-state index in [1.807, 2.05) is 19.1 Å². The first-order valence-corrected chi connectivity index (χ1v) is 12.9. The lowest BCUT2D eigenvalue weighted by atomic mass is 10.1. The number of benzene rings is 3. The average Bonchev–Trinajstić information content (AvgIpc) is 3.60. The second kappa shape index (κ2) is 10.9. The van der Waals surface area contributed by atoms with Gasteiger partial charge in [-0.1, -0.05) is 31.2 Å². The van der Waals surface area contributed by atoms with Crippen molar-refractivity contribution in [2.24, 2.45) is 0 Å². The van der Waals surface area contributed by atoms with E-state index in [-0.39, 0.29) is 36.6 Å². The summed E-state index contributed by atoms with van der Waals surface area (Å²) in [6, 6.07) is 17.6. The first kappa shape index (κ1) is 25.6. The van der Waals surface area contributed by atoms with Gasteiger partial charge in [0.2, 0.25) is 6.79 Å². The molecule has 1 aliphatic rings. The van der Waals surface area contributed by atoms with Gasteiger partial charge >= 0.3 is 0 Å². The van der Waals surface area contributed by atoms with Gasteiger partial charge in [-0.25, -0.2) is 13.5 Å². The molecule has 3 aromatic carbocycles. The summed E-state index contributed by atoms with van der Waals surface area (Å²) in [5, 5.41) is 13.3. The number of hydrogen-bond donors (Lipinski definition) is 1. The molecule has 9 nitrogen and oxygen atoms in total.